The molecule has 0 amide bonds. The van der Waals surface area contributed by atoms with E-state index in [0.717, 1.165) is 21.4 Å². The SMILES string of the molecule is Cc1cccc(CN(C)C(CN)c2ccc(F)cc2Br)n1. The molecule has 1 heterocycles. The van der Waals surface area contributed by atoms with Crippen molar-refractivity contribution < 1.29 is 4.39 Å². The minimum Gasteiger partial charge on any atom is -0.329 e. The lowest BCUT2D eigenvalue weighted by molar-refractivity contribution is 0.238. The first-order valence-electron chi connectivity index (χ1n) is 6.79. The van der Waals surface area contributed by atoms with E-state index < -0.39 is 0 Å². The number of hydrogen-bond donors (Lipinski definition) is 1. The Kier molecular flexibility index (Phi) is 5.45. The van der Waals surface area contributed by atoms with Crippen LogP contribution < -0.4 is 5.73 Å². The summed E-state index contributed by atoms with van der Waals surface area (Å²) >= 11 is 3.42. The zero-order valence-corrected chi connectivity index (χ0v) is 13.8. The summed E-state index contributed by atoms with van der Waals surface area (Å²) in [6.07, 6.45) is 0. The third-order valence-electron chi connectivity index (χ3n) is 3.43. The number of benzene rings is 1. The maximum atomic E-state index is 13.2. The molecule has 0 fully saturated rings. The Morgan fingerprint density at radius 1 is 1.33 bits per heavy atom. The summed E-state index contributed by atoms with van der Waals surface area (Å²) in [5.41, 5.74) is 8.89. The van der Waals surface area contributed by atoms with E-state index in [9.17, 15) is 4.39 Å². The van der Waals surface area contributed by atoms with Gasteiger partial charge in [0.05, 0.1) is 5.69 Å². The minimum atomic E-state index is -0.260. The van der Waals surface area contributed by atoms with E-state index in [1.807, 2.05) is 32.2 Å². The van der Waals surface area contributed by atoms with Crippen LogP contribution in [-0.2, 0) is 6.54 Å². The number of pyridine rings is 1. The highest BCUT2D eigenvalue weighted by Crippen LogP contribution is 2.28. The highest BCUT2D eigenvalue weighted by molar-refractivity contribution is 9.10. The molecule has 3 nitrogen and oxygen atoms in total. The van der Waals surface area contributed by atoms with Crippen molar-refractivity contribution in [1.29, 1.82) is 0 Å². The maximum absolute atomic E-state index is 13.2. The Hall–Kier alpha value is -1.30. The fourth-order valence-electron chi connectivity index (χ4n) is 2.37. The molecule has 0 aliphatic carbocycles. The molecule has 0 aliphatic heterocycles. The average molecular weight is 352 g/mol. The molecule has 2 aromatic rings. The van der Waals surface area contributed by atoms with Crippen LogP contribution in [0.1, 0.15) is 23.0 Å². The van der Waals surface area contributed by atoms with Gasteiger partial charge in [0.2, 0.25) is 0 Å². The van der Waals surface area contributed by atoms with Crippen LogP contribution in [0.5, 0.6) is 0 Å². The number of hydrogen-bond acceptors (Lipinski definition) is 3. The standard InChI is InChI=1S/C16H19BrFN3/c1-11-4-3-5-13(20-11)10-21(2)16(9-19)14-7-6-12(18)8-15(14)17/h3-8,16H,9-10,19H2,1-2H3. The van der Waals surface area contributed by atoms with Crippen molar-refractivity contribution in [2.45, 2.75) is 19.5 Å². The first-order valence-corrected chi connectivity index (χ1v) is 7.58. The second-order valence-electron chi connectivity index (χ2n) is 5.10. The van der Waals surface area contributed by atoms with E-state index in [4.69, 9.17) is 5.73 Å². The molecular formula is C16H19BrFN3. The van der Waals surface area contributed by atoms with Gasteiger partial charge in [0.15, 0.2) is 0 Å². The second kappa shape index (κ2) is 7.11. The summed E-state index contributed by atoms with van der Waals surface area (Å²) in [6.45, 7) is 3.11. The lowest BCUT2D eigenvalue weighted by Crippen LogP contribution is -2.30. The molecule has 112 valence electrons. The summed E-state index contributed by atoms with van der Waals surface area (Å²) in [7, 11) is 2.00. The van der Waals surface area contributed by atoms with Gasteiger partial charge in [-0.25, -0.2) is 4.39 Å². The molecule has 0 saturated carbocycles. The van der Waals surface area contributed by atoms with Gasteiger partial charge in [-0.15, -0.1) is 0 Å². The zero-order valence-electron chi connectivity index (χ0n) is 12.2. The van der Waals surface area contributed by atoms with Crippen molar-refractivity contribution in [3.8, 4) is 0 Å². The van der Waals surface area contributed by atoms with Gasteiger partial charge >= 0.3 is 0 Å². The molecule has 2 N–H and O–H groups in total. The predicted molar refractivity (Wildman–Crippen MR) is 86.3 cm³/mol. The summed E-state index contributed by atoms with van der Waals surface area (Å²) in [4.78, 5) is 6.63. The van der Waals surface area contributed by atoms with Crippen LogP contribution in [0, 0.1) is 12.7 Å². The first-order chi connectivity index (χ1) is 10.0. The van der Waals surface area contributed by atoms with Crippen LogP contribution >= 0.6 is 15.9 Å². The lowest BCUT2D eigenvalue weighted by Gasteiger charge is -2.28. The van der Waals surface area contributed by atoms with Gasteiger partial charge in [-0.1, -0.05) is 28.1 Å². The van der Waals surface area contributed by atoms with Gasteiger partial charge < -0.3 is 5.73 Å². The summed E-state index contributed by atoms with van der Waals surface area (Å²) in [5.74, 6) is -0.260. The molecule has 0 spiro atoms. The van der Waals surface area contributed by atoms with Gasteiger partial charge in [-0.3, -0.25) is 9.88 Å². The highest BCUT2D eigenvalue weighted by Gasteiger charge is 2.19. The summed E-state index contributed by atoms with van der Waals surface area (Å²) in [5, 5.41) is 0. The van der Waals surface area contributed by atoms with Crippen molar-refractivity contribution in [3.05, 3.63) is 63.6 Å². The van der Waals surface area contributed by atoms with E-state index in [1.165, 1.54) is 12.1 Å². The third kappa shape index (κ3) is 4.09. The van der Waals surface area contributed by atoms with Crippen LogP contribution in [-0.4, -0.2) is 23.5 Å². The zero-order chi connectivity index (χ0) is 15.4. The van der Waals surface area contributed by atoms with Crippen LogP contribution in [0.4, 0.5) is 4.39 Å². The Morgan fingerprint density at radius 3 is 2.71 bits per heavy atom. The van der Waals surface area contributed by atoms with Crippen molar-refractivity contribution in [2.75, 3.05) is 13.6 Å². The van der Waals surface area contributed by atoms with Gasteiger partial charge in [0.25, 0.3) is 0 Å². The van der Waals surface area contributed by atoms with Crippen molar-refractivity contribution in [2.24, 2.45) is 5.73 Å². The number of rotatable bonds is 5. The summed E-state index contributed by atoms with van der Waals surface area (Å²) < 4.78 is 14.0. The van der Waals surface area contributed by atoms with E-state index in [2.05, 4.69) is 25.8 Å². The first kappa shape index (κ1) is 16.1. The van der Waals surface area contributed by atoms with Crippen molar-refractivity contribution in [1.82, 2.24) is 9.88 Å². The smallest absolute Gasteiger partial charge is 0.124 e. The molecule has 1 aromatic heterocycles. The average Bonchev–Trinajstić information content (AvgIpc) is 2.42. The number of aryl methyl sites for hydroxylation is 1. The number of likely N-dealkylation sites (N-methyl/N-ethyl adjacent to an activating group) is 1. The third-order valence-corrected chi connectivity index (χ3v) is 4.12. The highest BCUT2D eigenvalue weighted by atomic mass is 79.9. The van der Waals surface area contributed by atoms with E-state index in [-0.39, 0.29) is 11.9 Å². The Labute approximate surface area is 133 Å². The Morgan fingerprint density at radius 2 is 2.10 bits per heavy atom. The molecule has 0 radical (unpaired) electrons. The molecule has 1 unspecified atom stereocenters. The minimum absolute atomic E-state index is 0.00212. The molecule has 2 rings (SSSR count). The van der Waals surface area contributed by atoms with E-state index in [0.29, 0.717) is 13.1 Å². The molecule has 0 aliphatic rings. The number of nitrogens with zero attached hydrogens (tertiary/aromatic N) is 2. The van der Waals surface area contributed by atoms with Gasteiger partial charge in [0.1, 0.15) is 5.82 Å². The fraction of sp³-hybridized carbons (Fsp3) is 0.312. The van der Waals surface area contributed by atoms with Gasteiger partial charge in [-0.2, -0.15) is 0 Å². The molecule has 1 aromatic carbocycles. The molecular weight excluding hydrogens is 333 g/mol. The quantitative estimate of drug-likeness (QED) is 0.897. The normalized spacial score (nSPS) is 12.7. The van der Waals surface area contributed by atoms with Gasteiger partial charge in [-0.05, 0) is 43.8 Å². The Bertz CT molecular complexity index is 618. The largest absolute Gasteiger partial charge is 0.329 e. The van der Waals surface area contributed by atoms with Crippen LogP contribution in [0.3, 0.4) is 0 Å². The number of halogens is 2. The Balaban J connectivity index is 2.20. The topological polar surface area (TPSA) is 42.1 Å². The second-order valence-corrected chi connectivity index (χ2v) is 5.96. The predicted octanol–water partition coefficient (Wildman–Crippen LogP) is 3.42. The maximum Gasteiger partial charge on any atom is 0.124 e. The van der Waals surface area contributed by atoms with Crippen LogP contribution in [0.2, 0.25) is 0 Å². The number of nitrogens with two attached hydrogens (primary N) is 1. The van der Waals surface area contributed by atoms with E-state index >= 15 is 0 Å². The van der Waals surface area contributed by atoms with Crippen molar-refractivity contribution in [3.63, 3.8) is 0 Å². The number of aromatic nitrogens is 1. The van der Waals surface area contributed by atoms with Crippen molar-refractivity contribution >= 4 is 15.9 Å². The molecule has 0 bridgehead atoms. The summed E-state index contributed by atoms with van der Waals surface area (Å²) in [6, 6.07) is 10.7. The molecule has 0 saturated heterocycles. The van der Waals surface area contributed by atoms with E-state index in [1.54, 1.807) is 6.07 Å². The lowest BCUT2D eigenvalue weighted by atomic mass is 10.1. The van der Waals surface area contributed by atoms with Gasteiger partial charge in [0, 0.05) is 29.3 Å². The monoisotopic (exact) mass is 351 g/mol. The fourth-order valence-corrected chi connectivity index (χ4v) is 2.98. The molecule has 21 heavy (non-hydrogen) atoms. The molecule has 1 atom stereocenters. The molecule has 5 heteroatoms. The van der Waals surface area contributed by atoms with Crippen LogP contribution in [0.25, 0.3) is 0 Å². The van der Waals surface area contributed by atoms with Crippen LogP contribution in [0.15, 0.2) is 40.9 Å².